The highest BCUT2D eigenvalue weighted by atomic mass is 16.1. The van der Waals surface area contributed by atoms with Gasteiger partial charge >= 0.3 is 0 Å². The summed E-state index contributed by atoms with van der Waals surface area (Å²) in [5.41, 5.74) is 6.64. The maximum Gasteiger partial charge on any atom is 0.220 e. The highest BCUT2D eigenvalue weighted by Crippen LogP contribution is 2.24. The van der Waals surface area contributed by atoms with Gasteiger partial charge in [0, 0.05) is 6.42 Å². The highest BCUT2D eigenvalue weighted by molar-refractivity contribution is 5.86. The van der Waals surface area contributed by atoms with E-state index < -0.39 is 0 Å². The molecule has 0 bridgehead atoms. The smallest absolute Gasteiger partial charge is 0.220 e. The van der Waals surface area contributed by atoms with Crippen LogP contribution in [-0.4, -0.2) is 12.5 Å². The number of fused-ring (bicyclic) bond motifs is 1. The number of hydrogen-bond acceptors (Lipinski definition) is 2. The molecular weight excluding hydrogens is 272 g/mol. The van der Waals surface area contributed by atoms with Gasteiger partial charge in [0.2, 0.25) is 5.91 Å². The lowest BCUT2D eigenvalue weighted by atomic mass is 9.99. The summed E-state index contributed by atoms with van der Waals surface area (Å²) in [6.07, 6.45) is 4.78. The van der Waals surface area contributed by atoms with Gasteiger partial charge in [-0.3, -0.25) is 4.79 Å². The summed E-state index contributed by atoms with van der Waals surface area (Å²) >= 11 is 0. The Morgan fingerprint density at radius 1 is 1.05 bits per heavy atom. The largest absolute Gasteiger partial charge is 0.350 e. The topological polar surface area (TPSA) is 55.1 Å². The lowest BCUT2D eigenvalue weighted by molar-refractivity contribution is -0.121. The Labute approximate surface area is 132 Å². The molecule has 1 unspecified atom stereocenters. The molecule has 0 saturated heterocycles. The van der Waals surface area contributed by atoms with E-state index in [1.807, 2.05) is 25.1 Å². The summed E-state index contributed by atoms with van der Waals surface area (Å²) in [6, 6.07) is 14.6. The minimum atomic E-state index is 0.0302. The Morgan fingerprint density at radius 3 is 2.59 bits per heavy atom. The molecule has 2 aromatic carbocycles. The van der Waals surface area contributed by atoms with E-state index in [2.05, 4.69) is 29.6 Å². The fraction of sp³-hybridized carbons (Fsp3) is 0.421. The fourth-order valence-electron chi connectivity index (χ4n) is 2.80. The molecule has 0 aliphatic heterocycles. The van der Waals surface area contributed by atoms with Crippen molar-refractivity contribution >= 4 is 16.7 Å². The average Bonchev–Trinajstić information content (AvgIpc) is 2.54. The molecule has 0 aliphatic rings. The van der Waals surface area contributed by atoms with E-state index in [0.717, 1.165) is 32.2 Å². The first kappa shape index (κ1) is 16.5. The van der Waals surface area contributed by atoms with Crippen molar-refractivity contribution in [2.24, 2.45) is 5.73 Å². The lowest BCUT2D eigenvalue weighted by Gasteiger charge is -2.16. The van der Waals surface area contributed by atoms with Gasteiger partial charge in [-0.25, -0.2) is 0 Å². The maximum absolute atomic E-state index is 12.1. The Balaban J connectivity index is 1.91. The van der Waals surface area contributed by atoms with Gasteiger partial charge in [0.25, 0.3) is 0 Å². The zero-order chi connectivity index (χ0) is 15.8. The van der Waals surface area contributed by atoms with E-state index in [0.29, 0.717) is 6.42 Å². The second-order valence-corrected chi connectivity index (χ2v) is 5.81. The van der Waals surface area contributed by atoms with Crippen molar-refractivity contribution in [1.29, 1.82) is 0 Å². The van der Waals surface area contributed by atoms with E-state index in [1.165, 1.54) is 16.3 Å². The maximum atomic E-state index is 12.1. The van der Waals surface area contributed by atoms with Crippen LogP contribution in [0.5, 0.6) is 0 Å². The molecule has 0 heterocycles. The third-order valence-corrected chi connectivity index (χ3v) is 4.03. The van der Waals surface area contributed by atoms with Gasteiger partial charge in [0.1, 0.15) is 0 Å². The molecule has 2 aromatic rings. The zero-order valence-electron chi connectivity index (χ0n) is 13.3. The first-order valence-electron chi connectivity index (χ1n) is 8.19. The fourth-order valence-corrected chi connectivity index (χ4v) is 2.80. The number of amides is 1. The molecule has 0 aromatic heterocycles. The Bertz CT molecular complexity index is 604. The number of benzene rings is 2. The van der Waals surface area contributed by atoms with E-state index in [9.17, 15) is 4.79 Å². The number of carbonyl (C=O) groups excluding carboxylic acids is 1. The number of rotatable bonds is 8. The van der Waals surface area contributed by atoms with Gasteiger partial charge in [-0.05, 0) is 42.6 Å². The van der Waals surface area contributed by atoms with Crippen LogP contribution in [0.4, 0.5) is 0 Å². The van der Waals surface area contributed by atoms with Crippen LogP contribution in [0.2, 0.25) is 0 Å². The van der Waals surface area contributed by atoms with Crippen LogP contribution in [0.3, 0.4) is 0 Å². The van der Waals surface area contributed by atoms with Crippen molar-refractivity contribution < 1.29 is 4.79 Å². The first-order valence-corrected chi connectivity index (χ1v) is 8.19. The second-order valence-electron chi connectivity index (χ2n) is 5.81. The quantitative estimate of drug-likeness (QED) is 0.726. The lowest BCUT2D eigenvalue weighted by Crippen LogP contribution is -2.26. The van der Waals surface area contributed by atoms with E-state index in [-0.39, 0.29) is 11.9 Å². The summed E-state index contributed by atoms with van der Waals surface area (Å²) in [7, 11) is 0. The SMILES string of the molecule is CC(NC(=O)CCCCCCN)c1cccc2ccccc12. The third kappa shape index (κ3) is 4.57. The van der Waals surface area contributed by atoms with Gasteiger partial charge < -0.3 is 11.1 Å². The van der Waals surface area contributed by atoms with Gasteiger partial charge in [0.15, 0.2) is 0 Å². The van der Waals surface area contributed by atoms with Crippen LogP contribution in [0, 0.1) is 0 Å². The average molecular weight is 298 g/mol. The summed E-state index contributed by atoms with van der Waals surface area (Å²) in [6.45, 7) is 2.79. The van der Waals surface area contributed by atoms with Crippen molar-refractivity contribution in [2.75, 3.05) is 6.54 Å². The molecule has 3 N–H and O–H groups in total. The molecule has 0 spiro atoms. The van der Waals surface area contributed by atoms with E-state index in [1.54, 1.807) is 0 Å². The van der Waals surface area contributed by atoms with Gasteiger partial charge in [-0.15, -0.1) is 0 Å². The molecule has 1 amide bonds. The van der Waals surface area contributed by atoms with Crippen LogP contribution in [0.25, 0.3) is 10.8 Å². The number of nitrogens with two attached hydrogens (primary N) is 1. The summed E-state index contributed by atoms with van der Waals surface area (Å²) in [5.74, 6) is 0.133. The molecule has 0 radical (unpaired) electrons. The predicted molar refractivity (Wildman–Crippen MR) is 92.6 cm³/mol. The molecule has 0 saturated carbocycles. The molecular formula is C19H26N2O. The zero-order valence-corrected chi connectivity index (χ0v) is 13.3. The Morgan fingerprint density at radius 2 is 1.77 bits per heavy atom. The van der Waals surface area contributed by atoms with Gasteiger partial charge in [-0.1, -0.05) is 55.3 Å². The number of unbranched alkanes of at least 4 members (excludes halogenated alkanes) is 3. The summed E-state index contributed by atoms with van der Waals surface area (Å²) in [5, 5.41) is 5.54. The molecule has 3 heteroatoms. The third-order valence-electron chi connectivity index (χ3n) is 4.03. The molecule has 118 valence electrons. The molecule has 22 heavy (non-hydrogen) atoms. The van der Waals surface area contributed by atoms with Crippen molar-refractivity contribution in [3.63, 3.8) is 0 Å². The first-order chi connectivity index (χ1) is 10.7. The normalized spacial score (nSPS) is 12.3. The summed E-state index contributed by atoms with van der Waals surface area (Å²) in [4.78, 5) is 12.1. The minimum absolute atomic E-state index is 0.0302. The van der Waals surface area contributed by atoms with Crippen LogP contribution >= 0.6 is 0 Å². The van der Waals surface area contributed by atoms with Crippen LogP contribution in [0.15, 0.2) is 42.5 Å². The van der Waals surface area contributed by atoms with E-state index >= 15 is 0 Å². The molecule has 2 rings (SSSR count). The van der Waals surface area contributed by atoms with Gasteiger partial charge in [-0.2, -0.15) is 0 Å². The van der Waals surface area contributed by atoms with E-state index in [4.69, 9.17) is 5.73 Å². The number of nitrogens with one attached hydrogen (secondary N) is 1. The molecule has 1 atom stereocenters. The number of hydrogen-bond donors (Lipinski definition) is 2. The van der Waals surface area contributed by atoms with Crippen LogP contribution in [0.1, 0.15) is 50.6 Å². The molecule has 0 aliphatic carbocycles. The molecule has 0 fully saturated rings. The van der Waals surface area contributed by atoms with Crippen LogP contribution in [-0.2, 0) is 4.79 Å². The minimum Gasteiger partial charge on any atom is -0.350 e. The van der Waals surface area contributed by atoms with Crippen molar-refractivity contribution in [3.8, 4) is 0 Å². The van der Waals surface area contributed by atoms with Crippen molar-refractivity contribution in [1.82, 2.24) is 5.32 Å². The highest BCUT2D eigenvalue weighted by Gasteiger charge is 2.11. The number of carbonyl (C=O) groups is 1. The van der Waals surface area contributed by atoms with Gasteiger partial charge in [0.05, 0.1) is 6.04 Å². The van der Waals surface area contributed by atoms with Crippen LogP contribution < -0.4 is 11.1 Å². The predicted octanol–water partition coefficient (Wildman–Crippen LogP) is 3.93. The Hall–Kier alpha value is -1.87. The second kappa shape index (κ2) is 8.54. The standard InChI is InChI=1S/C19H26N2O/c1-15(21-19(22)13-4-2-3-7-14-20)17-12-8-10-16-9-5-6-11-18(16)17/h5-6,8-12,15H,2-4,7,13-14,20H2,1H3,(H,21,22). The van der Waals surface area contributed by atoms with Crippen molar-refractivity contribution in [2.45, 2.75) is 45.1 Å². The molecule has 3 nitrogen and oxygen atoms in total. The summed E-state index contributed by atoms with van der Waals surface area (Å²) < 4.78 is 0. The Kier molecular flexibility index (Phi) is 6.41. The monoisotopic (exact) mass is 298 g/mol. The van der Waals surface area contributed by atoms with Crippen molar-refractivity contribution in [3.05, 3.63) is 48.0 Å².